The third-order valence-electron chi connectivity index (χ3n) is 3.67. The highest BCUT2D eigenvalue weighted by Gasteiger charge is 2.10. The second-order valence-electron chi connectivity index (χ2n) is 5.26. The van der Waals surface area contributed by atoms with Gasteiger partial charge >= 0.3 is 0 Å². The van der Waals surface area contributed by atoms with E-state index in [0.717, 1.165) is 24.2 Å². The fourth-order valence-corrected chi connectivity index (χ4v) is 2.45. The third-order valence-corrected chi connectivity index (χ3v) is 3.67. The Morgan fingerprint density at radius 2 is 1.85 bits per heavy atom. The Morgan fingerprint density at radius 1 is 1.10 bits per heavy atom. The molecule has 0 aromatic heterocycles. The number of fused-ring (bicyclic) bond motifs is 1. The number of aryl methyl sites for hydroxylation is 1. The predicted molar refractivity (Wildman–Crippen MR) is 79.3 cm³/mol. The molecule has 0 aliphatic carbocycles. The van der Waals surface area contributed by atoms with E-state index in [1.54, 1.807) is 0 Å². The van der Waals surface area contributed by atoms with Crippen LogP contribution < -0.4 is 10.6 Å². The topological polar surface area (TPSA) is 41.1 Å². The summed E-state index contributed by atoms with van der Waals surface area (Å²) in [4.78, 5) is 12.0. The van der Waals surface area contributed by atoms with E-state index < -0.39 is 0 Å². The number of nitrogens with one attached hydrogen (secondary N) is 2. The minimum absolute atomic E-state index is 0.0244. The molecule has 0 bridgehead atoms. The van der Waals surface area contributed by atoms with E-state index in [2.05, 4.69) is 28.8 Å². The fourth-order valence-electron chi connectivity index (χ4n) is 2.45. The Morgan fingerprint density at radius 3 is 2.65 bits per heavy atom. The summed E-state index contributed by atoms with van der Waals surface area (Å²) in [6.45, 7) is 4.46. The van der Waals surface area contributed by atoms with Crippen LogP contribution in [0.2, 0.25) is 0 Å². The average molecular weight is 266 g/mol. The van der Waals surface area contributed by atoms with E-state index in [9.17, 15) is 4.79 Å². The van der Waals surface area contributed by atoms with Gasteiger partial charge in [0, 0.05) is 25.2 Å². The van der Waals surface area contributed by atoms with Gasteiger partial charge in [-0.3, -0.25) is 4.79 Å². The lowest BCUT2D eigenvalue weighted by Crippen LogP contribution is -2.22. The predicted octanol–water partition coefficient (Wildman–Crippen LogP) is 2.53. The highest BCUT2D eigenvalue weighted by molar-refractivity contribution is 5.94. The molecule has 1 heterocycles. The van der Waals surface area contributed by atoms with Crippen molar-refractivity contribution >= 4 is 5.91 Å². The van der Waals surface area contributed by atoms with Crippen molar-refractivity contribution in [3.05, 3.63) is 70.3 Å². The molecule has 102 valence electrons. The molecule has 0 atom stereocenters. The minimum Gasteiger partial charge on any atom is -0.348 e. The summed E-state index contributed by atoms with van der Waals surface area (Å²) in [5.74, 6) is -0.0244. The second kappa shape index (κ2) is 5.47. The monoisotopic (exact) mass is 266 g/mol. The van der Waals surface area contributed by atoms with E-state index in [1.807, 2.05) is 31.2 Å². The Hall–Kier alpha value is -2.13. The molecule has 3 heteroatoms. The van der Waals surface area contributed by atoms with Crippen LogP contribution >= 0.6 is 0 Å². The van der Waals surface area contributed by atoms with Crippen molar-refractivity contribution < 1.29 is 4.79 Å². The van der Waals surface area contributed by atoms with Crippen LogP contribution in [0.4, 0.5) is 0 Å². The Balaban J connectivity index is 1.64. The molecule has 0 fully saturated rings. The zero-order valence-corrected chi connectivity index (χ0v) is 11.6. The van der Waals surface area contributed by atoms with Crippen molar-refractivity contribution in [2.24, 2.45) is 0 Å². The third kappa shape index (κ3) is 2.73. The van der Waals surface area contributed by atoms with Crippen molar-refractivity contribution in [2.45, 2.75) is 26.6 Å². The van der Waals surface area contributed by atoms with Gasteiger partial charge in [-0.15, -0.1) is 0 Å². The van der Waals surface area contributed by atoms with Gasteiger partial charge in [0.2, 0.25) is 0 Å². The molecule has 0 unspecified atom stereocenters. The number of hydrogen-bond acceptors (Lipinski definition) is 2. The fraction of sp³-hybridized carbons (Fsp3) is 0.235. The van der Waals surface area contributed by atoms with Gasteiger partial charge in [-0.2, -0.15) is 0 Å². The zero-order chi connectivity index (χ0) is 13.9. The number of hydrogen-bond donors (Lipinski definition) is 2. The van der Waals surface area contributed by atoms with Crippen LogP contribution in [0.25, 0.3) is 0 Å². The lowest BCUT2D eigenvalue weighted by Gasteiger charge is -2.07. The summed E-state index contributed by atoms with van der Waals surface area (Å²) < 4.78 is 0. The molecule has 0 radical (unpaired) electrons. The average Bonchev–Trinajstić information content (AvgIpc) is 2.93. The summed E-state index contributed by atoms with van der Waals surface area (Å²) in [5, 5.41) is 6.29. The standard InChI is InChI=1S/C17H18N2O/c1-12-2-5-14(6-3-12)17(20)19-9-13-4-7-15-10-18-11-16(15)8-13/h2-8,18H,9-11H2,1H3,(H,19,20). The Labute approximate surface area is 119 Å². The molecule has 1 aliphatic heterocycles. The number of carbonyl (C=O) groups excluding carboxylic acids is 1. The number of amides is 1. The molecule has 0 saturated carbocycles. The normalized spacial score (nSPS) is 13.1. The van der Waals surface area contributed by atoms with Gasteiger partial charge in [0.15, 0.2) is 0 Å². The summed E-state index contributed by atoms with van der Waals surface area (Å²) in [7, 11) is 0. The van der Waals surface area contributed by atoms with Gasteiger partial charge < -0.3 is 10.6 Å². The molecule has 2 aromatic rings. The van der Waals surface area contributed by atoms with Crippen LogP contribution in [0.3, 0.4) is 0 Å². The van der Waals surface area contributed by atoms with Gasteiger partial charge in [-0.05, 0) is 35.7 Å². The van der Waals surface area contributed by atoms with Crippen LogP contribution in [0.1, 0.15) is 32.6 Å². The molecule has 3 rings (SSSR count). The molecule has 2 N–H and O–H groups in total. The molecule has 0 spiro atoms. The van der Waals surface area contributed by atoms with Gasteiger partial charge in [-0.25, -0.2) is 0 Å². The van der Waals surface area contributed by atoms with E-state index in [-0.39, 0.29) is 5.91 Å². The first-order valence-corrected chi connectivity index (χ1v) is 6.88. The molecule has 2 aromatic carbocycles. The van der Waals surface area contributed by atoms with Gasteiger partial charge in [0.25, 0.3) is 5.91 Å². The van der Waals surface area contributed by atoms with E-state index in [4.69, 9.17) is 0 Å². The Kier molecular flexibility index (Phi) is 3.52. The maximum Gasteiger partial charge on any atom is 0.251 e. The number of benzene rings is 2. The van der Waals surface area contributed by atoms with E-state index >= 15 is 0 Å². The first kappa shape index (κ1) is 12.9. The first-order valence-electron chi connectivity index (χ1n) is 6.88. The van der Waals surface area contributed by atoms with Crippen LogP contribution in [0.5, 0.6) is 0 Å². The van der Waals surface area contributed by atoms with Gasteiger partial charge in [-0.1, -0.05) is 35.9 Å². The quantitative estimate of drug-likeness (QED) is 0.896. The van der Waals surface area contributed by atoms with E-state index in [1.165, 1.54) is 11.1 Å². The van der Waals surface area contributed by atoms with Crippen molar-refractivity contribution in [1.82, 2.24) is 10.6 Å². The molecule has 1 amide bonds. The minimum atomic E-state index is -0.0244. The first-order chi connectivity index (χ1) is 9.72. The summed E-state index contributed by atoms with van der Waals surface area (Å²) in [5.41, 5.74) is 5.71. The molecule has 0 saturated heterocycles. The maximum atomic E-state index is 12.0. The highest BCUT2D eigenvalue weighted by atomic mass is 16.1. The van der Waals surface area contributed by atoms with Crippen molar-refractivity contribution in [2.75, 3.05) is 0 Å². The van der Waals surface area contributed by atoms with E-state index in [0.29, 0.717) is 12.1 Å². The Bertz CT molecular complexity index is 632. The van der Waals surface area contributed by atoms with Crippen molar-refractivity contribution in [3.63, 3.8) is 0 Å². The lowest BCUT2D eigenvalue weighted by atomic mass is 10.1. The van der Waals surface area contributed by atoms with Crippen LogP contribution in [-0.2, 0) is 19.6 Å². The molecular weight excluding hydrogens is 248 g/mol. The van der Waals surface area contributed by atoms with Crippen molar-refractivity contribution in [3.8, 4) is 0 Å². The molecule has 20 heavy (non-hydrogen) atoms. The lowest BCUT2D eigenvalue weighted by molar-refractivity contribution is 0.0951. The summed E-state index contributed by atoms with van der Waals surface area (Å²) >= 11 is 0. The maximum absolute atomic E-state index is 12.0. The number of rotatable bonds is 3. The molecule has 3 nitrogen and oxygen atoms in total. The van der Waals surface area contributed by atoms with Crippen molar-refractivity contribution in [1.29, 1.82) is 0 Å². The molecule has 1 aliphatic rings. The van der Waals surface area contributed by atoms with Gasteiger partial charge in [0.05, 0.1) is 0 Å². The largest absolute Gasteiger partial charge is 0.348 e. The van der Waals surface area contributed by atoms with Crippen LogP contribution in [-0.4, -0.2) is 5.91 Å². The summed E-state index contributed by atoms with van der Waals surface area (Å²) in [6.07, 6.45) is 0. The second-order valence-corrected chi connectivity index (χ2v) is 5.26. The van der Waals surface area contributed by atoms with Crippen LogP contribution in [0.15, 0.2) is 42.5 Å². The van der Waals surface area contributed by atoms with Crippen LogP contribution in [0, 0.1) is 6.92 Å². The smallest absolute Gasteiger partial charge is 0.251 e. The molecular formula is C17H18N2O. The summed E-state index contributed by atoms with van der Waals surface area (Å²) in [6, 6.07) is 14.0. The number of carbonyl (C=O) groups is 1. The zero-order valence-electron chi connectivity index (χ0n) is 11.6. The van der Waals surface area contributed by atoms with Gasteiger partial charge in [0.1, 0.15) is 0 Å². The SMILES string of the molecule is Cc1ccc(C(=O)NCc2ccc3c(c2)CNC3)cc1. The highest BCUT2D eigenvalue weighted by Crippen LogP contribution is 2.17.